The van der Waals surface area contributed by atoms with Crippen LogP contribution in [0.25, 0.3) is 0 Å². The molecule has 0 spiro atoms. The van der Waals surface area contributed by atoms with E-state index < -0.39 is 24.9 Å². The first-order chi connectivity index (χ1) is 14.8. The number of rotatable bonds is 11. The van der Waals surface area contributed by atoms with Gasteiger partial charge in [0.15, 0.2) is 0 Å². The quantitative estimate of drug-likeness (QED) is 0.317. The second kappa shape index (κ2) is 12.7. The molecule has 1 aromatic rings. The average Bonchev–Trinajstić information content (AvgIpc) is 2.75. The highest BCUT2D eigenvalue weighted by Crippen LogP contribution is 2.29. The van der Waals surface area contributed by atoms with Gasteiger partial charge in [-0.1, -0.05) is 58.1 Å². The predicted octanol–water partition coefficient (Wildman–Crippen LogP) is 2.44. The van der Waals surface area contributed by atoms with Crippen LogP contribution in [0.3, 0.4) is 0 Å². The summed E-state index contributed by atoms with van der Waals surface area (Å²) in [4.78, 5) is 26.1. The van der Waals surface area contributed by atoms with E-state index in [0.29, 0.717) is 31.1 Å². The van der Waals surface area contributed by atoms with Gasteiger partial charge in [-0.15, -0.1) is 0 Å². The third kappa shape index (κ3) is 8.54. The molecular weight excluding hydrogens is 395 g/mol. The van der Waals surface area contributed by atoms with Crippen LogP contribution < -0.4 is 15.4 Å². The van der Waals surface area contributed by atoms with Crippen LogP contribution >= 0.6 is 0 Å². The van der Waals surface area contributed by atoms with E-state index in [9.17, 15) is 19.6 Å². The van der Waals surface area contributed by atoms with Crippen molar-refractivity contribution >= 4 is 18.9 Å². The van der Waals surface area contributed by atoms with Crippen LogP contribution in [0.15, 0.2) is 24.3 Å². The molecule has 1 saturated carbocycles. The number of methoxy groups -OCH3 is 1. The Morgan fingerprint density at radius 3 is 2.48 bits per heavy atom. The lowest BCUT2D eigenvalue weighted by atomic mass is 9.74. The Labute approximate surface area is 186 Å². The normalized spacial score (nSPS) is 16.5. The Hall–Kier alpha value is -2.06. The molecule has 2 atom stereocenters. The Kier molecular flexibility index (Phi) is 10.3. The minimum Gasteiger partial charge on any atom is -0.497 e. The summed E-state index contributed by atoms with van der Waals surface area (Å²) in [6.07, 6.45) is 6.38. The molecule has 4 N–H and O–H groups in total. The van der Waals surface area contributed by atoms with Gasteiger partial charge in [-0.05, 0) is 42.4 Å². The van der Waals surface area contributed by atoms with E-state index in [4.69, 9.17) is 4.74 Å². The van der Waals surface area contributed by atoms with Crippen molar-refractivity contribution in [1.82, 2.24) is 10.6 Å². The molecular formula is C23H37BN2O5. The average molecular weight is 432 g/mol. The Morgan fingerprint density at radius 2 is 1.87 bits per heavy atom. The summed E-state index contributed by atoms with van der Waals surface area (Å²) in [7, 11) is -0.0766. The largest absolute Gasteiger partial charge is 0.497 e. The van der Waals surface area contributed by atoms with E-state index in [1.807, 2.05) is 38.1 Å². The molecule has 31 heavy (non-hydrogen) atoms. The molecule has 0 aromatic heterocycles. The van der Waals surface area contributed by atoms with Gasteiger partial charge in [-0.2, -0.15) is 0 Å². The molecule has 2 amide bonds. The van der Waals surface area contributed by atoms with Gasteiger partial charge in [0, 0.05) is 6.54 Å². The topological polar surface area (TPSA) is 108 Å². The predicted molar refractivity (Wildman–Crippen MR) is 121 cm³/mol. The minimum atomic E-state index is -1.67. The van der Waals surface area contributed by atoms with Gasteiger partial charge in [-0.25, -0.2) is 0 Å². The number of ether oxygens (including phenoxy) is 1. The maximum atomic E-state index is 13.1. The fourth-order valence-electron chi connectivity index (χ4n) is 4.23. The van der Waals surface area contributed by atoms with Crippen LogP contribution in [-0.2, 0) is 16.1 Å². The van der Waals surface area contributed by atoms with Crippen molar-refractivity contribution in [3.63, 3.8) is 0 Å². The van der Waals surface area contributed by atoms with E-state index in [0.717, 1.165) is 31.2 Å². The first-order valence-electron chi connectivity index (χ1n) is 11.4. The summed E-state index contributed by atoms with van der Waals surface area (Å²) in [5.41, 5.74) is 0.882. The van der Waals surface area contributed by atoms with Gasteiger partial charge in [-0.3, -0.25) is 9.59 Å². The highest BCUT2D eigenvalue weighted by molar-refractivity contribution is 6.43. The van der Waals surface area contributed by atoms with Crippen LogP contribution in [0.1, 0.15) is 64.4 Å². The zero-order valence-corrected chi connectivity index (χ0v) is 19.0. The van der Waals surface area contributed by atoms with Crippen molar-refractivity contribution in [2.75, 3.05) is 7.11 Å². The Balaban J connectivity index is 2.08. The van der Waals surface area contributed by atoms with Gasteiger partial charge in [0.2, 0.25) is 11.8 Å². The first-order valence-corrected chi connectivity index (χ1v) is 11.4. The van der Waals surface area contributed by atoms with Gasteiger partial charge >= 0.3 is 7.12 Å². The van der Waals surface area contributed by atoms with Crippen molar-refractivity contribution in [1.29, 1.82) is 0 Å². The maximum Gasteiger partial charge on any atom is 0.475 e. The minimum absolute atomic E-state index is 0.172. The van der Waals surface area contributed by atoms with Crippen molar-refractivity contribution in [3.05, 3.63) is 29.8 Å². The molecule has 0 heterocycles. The summed E-state index contributed by atoms with van der Waals surface area (Å²) in [6.45, 7) is 4.19. The van der Waals surface area contributed by atoms with Gasteiger partial charge < -0.3 is 25.4 Å². The maximum absolute atomic E-state index is 13.1. The zero-order valence-electron chi connectivity index (χ0n) is 19.0. The van der Waals surface area contributed by atoms with E-state index in [-0.39, 0.29) is 11.8 Å². The summed E-state index contributed by atoms with van der Waals surface area (Å²) < 4.78 is 5.22. The van der Waals surface area contributed by atoms with E-state index in [1.54, 1.807) is 7.11 Å². The molecule has 2 rings (SSSR count). The molecule has 172 valence electrons. The summed E-state index contributed by atoms with van der Waals surface area (Å²) >= 11 is 0. The number of amides is 2. The van der Waals surface area contributed by atoms with Crippen LogP contribution in [0.5, 0.6) is 5.75 Å². The van der Waals surface area contributed by atoms with Crippen LogP contribution in [0.4, 0.5) is 0 Å². The number of hydrogen-bond acceptors (Lipinski definition) is 5. The molecule has 0 saturated heterocycles. The smallest absolute Gasteiger partial charge is 0.475 e. The fourth-order valence-corrected chi connectivity index (χ4v) is 4.23. The van der Waals surface area contributed by atoms with Gasteiger partial charge in [0.05, 0.1) is 13.1 Å². The first kappa shape index (κ1) is 25.2. The highest BCUT2D eigenvalue weighted by Gasteiger charge is 2.34. The van der Waals surface area contributed by atoms with E-state index in [2.05, 4.69) is 10.6 Å². The number of hydrogen-bond donors (Lipinski definition) is 4. The summed E-state index contributed by atoms with van der Waals surface area (Å²) in [5, 5.41) is 25.0. The molecule has 7 nitrogen and oxygen atoms in total. The second-order valence-electron chi connectivity index (χ2n) is 9.02. The SMILES string of the molecule is COc1cccc(CNC(=O)C(CC2CCCCC2)C(=O)N[C@@H](CC(C)C)B(O)O)c1. The third-order valence-corrected chi connectivity index (χ3v) is 5.94. The fraction of sp³-hybridized carbons (Fsp3) is 0.652. The lowest BCUT2D eigenvalue weighted by Gasteiger charge is -2.27. The van der Waals surface area contributed by atoms with Crippen molar-refractivity contribution in [2.45, 2.75) is 71.3 Å². The van der Waals surface area contributed by atoms with Crippen molar-refractivity contribution in [2.24, 2.45) is 17.8 Å². The van der Waals surface area contributed by atoms with E-state index >= 15 is 0 Å². The molecule has 8 heteroatoms. The number of benzene rings is 1. The molecule has 0 aliphatic heterocycles. The molecule has 0 bridgehead atoms. The Morgan fingerprint density at radius 1 is 1.16 bits per heavy atom. The number of carbonyl (C=O) groups is 2. The van der Waals surface area contributed by atoms with E-state index in [1.165, 1.54) is 6.42 Å². The van der Waals surface area contributed by atoms with Crippen LogP contribution in [0.2, 0.25) is 0 Å². The van der Waals surface area contributed by atoms with Gasteiger partial charge in [0.25, 0.3) is 0 Å². The third-order valence-electron chi connectivity index (χ3n) is 5.94. The monoisotopic (exact) mass is 432 g/mol. The highest BCUT2D eigenvalue weighted by atomic mass is 16.5. The zero-order chi connectivity index (χ0) is 22.8. The summed E-state index contributed by atoms with van der Waals surface area (Å²) in [5.74, 6) is -1.22. The Bertz CT molecular complexity index is 707. The van der Waals surface area contributed by atoms with Gasteiger partial charge in [0.1, 0.15) is 11.7 Å². The lowest BCUT2D eigenvalue weighted by Crippen LogP contribution is -2.51. The molecule has 1 unspecified atom stereocenters. The molecule has 0 radical (unpaired) electrons. The van der Waals surface area contributed by atoms with Crippen LogP contribution in [0, 0.1) is 17.8 Å². The molecule has 1 aromatic carbocycles. The molecule has 1 aliphatic carbocycles. The number of nitrogens with one attached hydrogen (secondary N) is 2. The summed E-state index contributed by atoms with van der Waals surface area (Å²) in [6, 6.07) is 7.42. The van der Waals surface area contributed by atoms with Crippen LogP contribution in [-0.4, -0.2) is 42.0 Å². The standard InChI is InChI=1S/C23H37BN2O5/c1-16(2)12-21(24(29)30)26-23(28)20(14-17-8-5-4-6-9-17)22(27)25-15-18-10-7-11-19(13-18)31-3/h7,10-11,13,16-17,20-21,29-30H,4-6,8-9,12,14-15H2,1-3H3,(H,25,27)(H,26,28)/t20?,21-/m0/s1. The molecule has 1 aliphatic rings. The molecule has 1 fully saturated rings. The lowest BCUT2D eigenvalue weighted by molar-refractivity contribution is -0.136. The van der Waals surface area contributed by atoms with Crippen molar-refractivity contribution < 1.29 is 24.4 Å². The van der Waals surface area contributed by atoms with Crippen molar-refractivity contribution in [3.8, 4) is 5.75 Å². The second-order valence-corrected chi connectivity index (χ2v) is 9.02. The number of carbonyl (C=O) groups excluding carboxylic acids is 2.